The van der Waals surface area contributed by atoms with Gasteiger partial charge in [-0.2, -0.15) is 0 Å². The van der Waals surface area contributed by atoms with Gasteiger partial charge in [0, 0.05) is 32.8 Å². The lowest BCUT2D eigenvalue weighted by Gasteiger charge is -2.32. The molecule has 0 aliphatic carbocycles. The average molecular weight is 200 g/mol. The molecular formula is C11H24N2O. The number of hydrogen-bond donors (Lipinski definition) is 1. The fourth-order valence-corrected chi connectivity index (χ4v) is 1.61. The number of nitrogens with zero attached hydrogens (tertiary/aromatic N) is 1. The van der Waals surface area contributed by atoms with Crippen LogP contribution in [0.1, 0.15) is 13.8 Å². The van der Waals surface area contributed by atoms with Gasteiger partial charge in [-0.05, 0) is 5.92 Å². The van der Waals surface area contributed by atoms with Gasteiger partial charge in [0.05, 0.1) is 6.61 Å². The second-order valence-corrected chi connectivity index (χ2v) is 3.82. The predicted molar refractivity (Wildman–Crippen MR) is 61.3 cm³/mol. The number of hydrogen-bond acceptors (Lipinski definition) is 3. The van der Waals surface area contributed by atoms with E-state index in [1.54, 1.807) is 7.11 Å². The maximum atomic E-state index is 5.76. The van der Waals surface area contributed by atoms with Crippen LogP contribution >= 0.6 is 0 Å². The molecule has 14 heavy (non-hydrogen) atoms. The molecule has 0 rings (SSSR count). The Balaban J connectivity index is 4.19. The van der Waals surface area contributed by atoms with Crippen LogP contribution in [0, 0.1) is 5.92 Å². The van der Waals surface area contributed by atoms with Crippen LogP contribution in [0.3, 0.4) is 0 Å². The molecule has 2 N–H and O–H groups in total. The Morgan fingerprint density at radius 2 is 2.14 bits per heavy atom. The molecule has 0 fully saturated rings. The van der Waals surface area contributed by atoms with E-state index < -0.39 is 0 Å². The maximum absolute atomic E-state index is 5.76. The molecule has 0 aliphatic heterocycles. The SMILES string of the molecule is C=CCN(CCOC)C(CN)C(C)C. The van der Waals surface area contributed by atoms with Crippen molar-refractivity contribution in [3.05, 3.63) is 12.7 Å². The van der Waals surface area contributed by atoms with Crippen molar-refractivity contribution < 1.29 is 4.74 Å². The van der Waals surface area contributed by atoms with Crippen LogP contribution in [0.2, 0.25) is 0 Å². The third-order valence-electron chi connectivity index (χ3n) is 2.43. The van der Waals surface area contributed by atoms with Gasteiger partial charge in [0.15, 0.2) is 0 Å². The minimum Gasteiger partial charge on any atom is -0.383 e. The van der Waals surface area contributed by atoms with Gasteiger partial charge in [-0.1, -0.05) is 19.9 Å². The van der Waals surface area contributed by atoms with Gasteiger partial charge >= 0.3 is 0 Å². The second-order valence-electron chi connectivity index (χ2n) is 3.82. The summed E-state index contributed by atoms with van der Waals surface area (Å²) in [6, 6.07) is 0.420. The molecule has 0 saturated heterocycles. The molecule has 0 bridgehead atoms. The Hall–Kier alpha value is -0.380. The lowest BCUT2D eigenvalue weighted by atomic mass is 10.0. The highest BCUT2D eigenvalue weighted by molar-refractivity contribution is 4.81. The van der Waals surface area contributed by atoms with Gasteiger partial charge < -0.3 is 10.5 Å². The van der Waals surface area contributed by atoms with Crippen molar-refractivity contribution in [2.45, 2.75) is 19.9 Å². The molecule has 1 unspecified atom stereocenters. The normalized spacial score (nSPS) is 13.6. The van der Waals surface area contributed by atoms with Crippen LogP contribution in [0.4, 0.5) is 0 Å². The molecule has 3 heteroatoms. The number of rotatable bonds is 8. The van der Waals surface area contributed by atoms with E-state index in [1.165, 1.54) is 0 Å². The summed E-state index contributed by atoms with van der Waals surface area (Å²) in [5.74, 6) is 0.566. The minimum atomic E-state index is 0.420. The van der Waals surface area contributed by atoms with Gasteiger partial charge in [-0.15, -0.1) is 6.58 Å². The molecule has 0 aromatic heterocycles. The first-order chi connectivity index (χ1) is 6.67. The molecular weight excluding hydrogens is 176 g/mol. The van der Waals surface area contributed by atoms with Crippen LogP contribution < -0.4 is 5.73 Å². The third-order valence-corrected chi connectivity index (χ3v) is 2.43. The predicted octanol–water partition coefficient (Wildman–Crippen LogP) is 1.10. The molecule has 0 heterocycles. The van der Waals surface area contributed by atoms with E-state index in [9.17, 15) is 0 Å². The second kappa shape index (κ2) is 7.97. The minimum absolute atomic E-state index is 0.420. The molecule has 0 aromatic carbocycles. The Labute approximate surface area is 87.9 Å². The van der Waals surface area contributed by atoms with Gasteiger partial charge in [0.2, 0.25) is 0 Å². The standard InChI is InChI=1S/C11H24N2O/c1-5-6-13(7-8-14-4)11(9-12)10(2)3/h5,10-11H,1,6-9,12H2,2-4H3. The Bertz CT molecular complexity index is 148. The summed E-state index contributed by atoms with van der Waals surface area (Å²) in [7, 11) is 1.72. The fourth-order valence-electron chi connectivity index (χ4n) is 1.61. The topological polar surface area (TPSA) is 38.5 Å². The highest BCUT2D eigenvalue weighted by Crippen LogP contribution is 2.09. The van der Waals surface area contributed by atoms with Crippen molar-refractivity contribution in [3.8, 4) is 0 Å². The molecule has 84 valence electrons. The first kappa shape index (κ1) is 13.6. The van der Waals surface area contributed by atoms with Gasteiger partial charge in [0.1, 0.15) is 0 Å². The lowest BCUT2D eigenvalue weighted by Crippen LogP contribution is -2.45. The fraction of sp³-hybridized carbons (Fsp3) is 0.818. The monoisotopic (exact) mass is 200 g/mol. The van der Waals surface area contributed by atoms with Crippen LogP contribution in [0.15, 0.2) is 12.7 Å². The molecule has 3 nitrogen and oxygen atoms in total. The first-order valence-corrected chi connectivity index (χ1v) is 5.21. The van der Waals surface area contributed by atoms with E-state index in [4.69, 9.17) is 10.5 Å². The van der Waals surface area contributed by atoms with Crippen molar-refractivity contribution in [1.29, 1.82) is 0 Å². The summed E-state index contributed by atoms with van der Waals surface area (Å²) in [5, 5.41) is 0. The summed E-state index contributed by atoms with van der Waals surface area (Å²) in [6.07, 6.45) is 1.92. The lowest BCUT2D eigenvalue weighted by molar-refractivity contribution is 0.113. The largest absolute Gasteiger partial charge is 0.383 e. The van der Waals surface area contributed by atoms with Crippen molar-refractivity contribution >= 4 is 0 Å². The molecule has 0 saturated carbocycles. The summed E-state index contributed by atoms with van der Waals surface area (Å²) in [4.78, 5) is 2.32. The average Bonchev–Trinajstić information content (AvgIpc) is 2.14. The van der Waals surface area contributed by atoms with Crippen molar-refractivity contribution in [3.63, 3.8) is 0 Å². The van der Waals surface area contributed by atoms with E-state index in [-0.39, 0.29) is 0 Å². The van der Waals surface area contributed by atoms with Crippen molar-refractivity contribution in [2.24, 2.45) is 11.7 Å². The summed E-state index contributed by atoms with van der Waals surface area (Å²) in [5.41, 5.74) is 5.76. The van der Waals surface area contributed by atoms with Crippen LogP contribution in [-0.2, 0) is 4.74 Å². The summed E-state index contributed by atoms with van der Waals surface area (Å²) < 4.78 is 5.08. The zero-order chi connectivity index (χ0) is 11.0. The van der Waals surface area contributed by atoms with Crippen LogP contribution in [0.5, 0.6) is 0 Å². The van der Waals surface area contributed by atoms with Gasteiger partial charge in [-0.25, -0.2) is 0 Å². The van der Waals surface area contributed by atoms with E-state index in [0.717, 1.165) is 19.7 Å². The Kier molecular flexibility index (Phi) is 7.76. The van der Waals surface area contributed by atoms with E-state index in [0.29, 0.717) is 18.5 Å². The number of nitrogens with two attached hydrogens (primary N) is 1. The molecule has 0 amide bonds. The Morgan fingerprint density at radius 1 is 1.50 bits per heavy atom. The maximum Gasteiger partial charge on any atom is 0.0589 e. The molecule has 0 spiro atoms. The van der Waals surface area contributed by atoms with Crippen LogP contribution in [-0.4, -0.2) is 44.3 Å². The number of methoxy groups -OCH3 is 1. The first-order valence-electron chi connectivity index (χ1n) is 5.21. The van der Waals surface area contributed by atoms with E-state index in [2.05, 4.69) is 25.3 Å². The van der Waals surface area contributed by atoms with Crippen LogP contribution in [0.25, 0.3) is 0 Å². The smallest absolute Gasteiger partial charge is 0.0589 e. The van der Waals surface area contributed by atoms with Crippen molar-refractivity contribution in [1.82, 2.24) is 4.90 Å². The molecule has 0 aromatic rings. The zero-order valence-corrected chi connectivity index (χ0v) is 9.70. The quantitative estimate of drug-likeness (QED) is 0.596. The number of ether oxygens (including phenoxy) is 1. The van der Waals surface area contributed by atoms with E-state index in [1.807, 2.05) is 6.08 Å². The highest BCUT2D eigenvalue weighted by Gasteiger charge is 2.18. The zero-order valence-electron chi connectivity index (χ0n) is 9.70. The van der Waals surface area contributed by atoms with Gasteiger partial charge in [0.25, 0.3) is 0 Å². The highest BCUT2D eigenvalue weighted by atomic mass is 16.5. The molecule has 0 radical (unpaired) electrons. The summed E-state index contributed by atoms with van der Waals surface area (Å²) >= 11 is 0. The van der Waals surface area contributed by atoms with Gasteiger partial charge in [-0.3, -0.25) is 4.90 Å². The Morgan fingerprint density at radius 3 is 2.50 bits per heavy atom. The molecule has 0 aliphatic rings. The molecule has 1 atom stereocenters. The third kappa shape index (κ3) is 4.74. The van der Waals surface area contributed by atoms with Crippen molar-refractivity contribution in [2.75, 3.05) is 33.4 Å². The summed E-state index contributed by atoms with van der Waals surface area (Å²) in [6.45, 7) is 11.4. The van der Waals surface area contributed by atoms with E-state index >= 15 is 0 Å².